The topological polar surface area (TPSA) is 207 Å². The number of rotatable bonds is 11. The summed E-state index contributed by atoms with van der Waals surface area (Å²) in [6, 6.07) is 42.1. The van der Waals surface area contributed by atoms with Crippen molar-refractivity contribution in [2.75, 3.05) is 136 Å². The van der Waals surface area contributed by atoms with Gasteiger partial charge in [0.15, 0.2) is 68.8 Å². The lowest BCUT2D eigenvalue weighted by atomic mass is 10.1. The number of thiophene rings is 5. The molecule has 112 heavy (non-hydrogen) atoms. The minimum absolute atomic E-state index is 0.0141. The SMILES string of the molecule is CN(C)c1ccc(-c2csc3c(=O)cc(N4CCCCC4)oc23)cc1.COc1ccc(-c2csc3c(=O)cc(N4CCCCC4)oc23)cc1.O=c1cc(N2CCCCC2)oc2c(-c3ccccc3)csc12.O=c1cc(N2CCCCC2)oc2ccsc12.O=c1cc(N2CCOCC2)oc2c(-c3ccc4c(c3)OCO4)csc12. The molecule has 20 nitrogen and oxygen atoms in total. The summed E-state index contributed by atoms with van der Waals surface area (Å²) >= 11 is 7.22. The maximum Gasteiger partial charge on any atom is 0.231 e. The van der Waals surface area contributed by atoms with E-state index in [1.54, 1.807) is 37.4 Å². The van der Waals surface area contributed by atoms with E-state index in [0.717, 1.165) is 193 Å². The molecule has 0 atom stereocenters. The van der Waals surface area contributed by atoms with E-state index in [-0.39, 0.29) is 33.9 Å². The average molecular weight is 1600 g/mol. The lowest BCUT2D eigenvalue weighted by Crippen LogP contribution is -2.36. The van der Waals surface area contributed by atoms with Crippen molar-refractivity contribution in [1.82, 2.24) is 0 Å². The summed E-state index contributed by atoms with van der Waals surface area (Å²) in [6.45, 7) is 10.7. The summed E-state index contributed by atoms with van der Waals surface area (Å²) in [5.74, 6) is 5.71. The van der Waals surface area contributed by atoms with Crippen LogP contribution in [0.1, 0.15) is 77.0 Å². The number of fused-ring (bicyclic) bond motifs is 6. The first kappa shape index (κ1) is 75.6. The Labute approximate surface area is 666 Å². The van der Waals surface area contributed by atoms with Gasteiger partial charge >= 0.3 is 0 Å². The lowest BCUT2D eigenvalue weighted by molar-refractivity contribution is 0.121. The van der Waals surface area contributed by atoms with Crippen molar-refractivity contribution >= 4 is 143 Å². The quantitative estimate of drug-likeness (QED) is 0.118. The second kappa shape index (κ2) is 34.7. The summed E-state index contributed by atoms with van der Waals surface area (Å²) in [5, 5.41) is 9.90. The van der Waals surface area contributed by atoms with E-state index in [2.05, 4.69) is 60.9 Å². The molecule has 0 N–H and O–H groups in total. The minimum Gasteiger partial charge on any atom is -0.497 e. The number of methoxy groups -OCH3 is 1. The van der Waals surface area contributed by atoms with Crippen molar-refractivity contribution in [3.63, 3.8) is 0 Å². The van der Waals surface area contributed by atoms with Gasteiger partial charge < -0.3 is 70.4 Å². The molecule has 6 aliphatic rings. The zero-order valence-corrected chi connectivity index (χ0v) is 66.8. The number of hydrogen-bond acceptors (Lipinski definition) is 25. The Balaban J connectivity index is 0.000000107. The van der Waals surface area contributed by atoms with Crippen LogP contribution in [0.3, 0.4) is 0 Å². The molecule has 578 valence electrons. The Morgan fingerprint density at radius 3 is 1.12 bits per heavy atom. The predicted molar refractivity (Wildman–Crippen MR) is 458 cm³/mol. The van der Waals surface area contributed by atoms with Crippen molar-refractivity contribution in [3.8, 4) is 61.8 Å². The van der Waals surface area contributed by atoms with Gasteiger partial charge in [0.05, 0.1) is 20.3 Å². The van der Waals surface area contributed by atoms with Gasteiger partial charge in [-0.05, 0) is 147 Å². The monoisotopic (exact) mass is 1600 g/mol. The molecule has 6 aliphatic heterocycles. The molecule has 0 aliphatic carbocycles. The van der Waals surface area contributed by atoms with E-state index >= 15 is 0 Å². The molecule has 0 unspecified atom stereocenters. The second-order valence-corrected chi connectivity index (χ2v) is 32.9. The summed E-state index contributed by atoms with van der Waals surface area (Å²) in [5.41, 5.74) is 12.9. The number of hydrogen-bond donors (Lipinski definition) is 0. The summed E-state index contributed by atoms with van der Waals surface area (Å²) in [7, 11) is 5.71. The van der Waals surface area contributed by atoms with Gasteiger partial charge in [-0.25, -0.2) is 0 Å². The summed E-state index contributed by atoms with van der Waals surface area (Å²) < 4.78 is 55.3. The predicted octanol–water partition coefficient (Wildman–Crippen LogP) is 19.5. The standard InChI is InChI=1S/C20H22N2O2S.C19H19NO3S.C18H15NO5S.C18H17NO2S.C12H13NO2S/c1-21(2)15-8-6-14(7-9-15)16-13-25-20-17(23)12-18(24-19(16)20)22-10-4-3-5-11-22;1-22-14-7-5-13(6-8-14)15-12-24-19-16(21)11-17(23-18(15)19)20-9-3-2-4-10-20;20-13-8-16(19-3-5-21-6-4-19)24-17-12(9-25-18(13)17)11-1-2-14-15(7-11)23-10-22-14;20-15-11-16(19-9-5-2-6-10-19)21-17-14(12-22-18(15)17)13-7-3-1-4-8-13;14-9-8-11(13-5-2-1-3-6-13)15-10-4-7-16-12(9)10/h6-9,12-13H,3-5,10-11H2,1-2H3;5-8,11-12H,2-4,9-10H2,1H3;1-2,7-9H,3-6,10H2;1,3-4,7-8,11-12H,2,5-6,9-10H2;4,7-8H,1-3,5-6H2. The smallest absolute Gasteiger partial charge is 0.231 e. The Hall–Kier alpha value is -10.4. The number of ether oxygens (including phenoxy) is 4. The van der Waals surface area contributed by atoms with Crippen LogP contribution in [0.25, 0.3) is 95.9 Å². The molecule has 10 aromatic heterocycles. The van der Waals surface area contributed by atoms with Crippen LogP contribution in [0.5, 0.6) is 17.2 Å². The zero-order valence-electron chi connectivity index (χ0n) is 62.7. The molecular formula is C87H86N6O14S5. The fourth-order valence-electron chi connectivity index (χ4n) is 14.8. The molecule has 0 amide bonds. The Morgan fingerprint density at radius 1 is 0.348 bits per heavy atom. The van der Waals surface area contributed by atoms with Crippen molar-refractivity contribution in [3.05, 3.63) is 211 Å². The third kappa shape index (κ3) is 16.7. The Morgan fingerprint density at radius 2 is 0.705 bits per heavy atom. The number of nitrogens with zero attached hydrogens (tertiary/aromatic N) is 6. The normalized spacial score (nSPS) is 15.7. The Kier molecular flexibility index (Phi) is 23.4. The fourth-order valence-corrected chi connectivity index (χ4v) is 19.2. The molecule has 5 fully saturated rings. The van der Waals surface area contributed by atoms with Gasteiger partial charge in [0.2, 0.25) is 33.9 Å². The summed E-state index contributed by atoms with van der Waals surface area (Å²) in [6.07, 6.45) is 14.4. The first-order chi connectivity index (χ1) is 54.9. The van der Waals surface area contributed by atoms with E-state index in [9.17, 15) is 24.0 Å². The highest BCUT2D eigenvalue weighted by Crippen LogP contribution is 2.43. The third-order valence-corrected chi connectivity index (χ3v) is 25.7. The van der Waals surface area contributed by atoms with Crippen molar-refractivity contribution in [2.24, 2.45) is 0 Å². The van der Waals surface area contributed by atoms with Gasteiger partial charge in [0.25, 0.3) is 0 Å². The van der Waals surface area contributed by atoms with E-state index in [4.69, 9.17) is 41.0 Å². The highest BCUT2D eigenvalue weighted by atomic mass is 32.1. The first-order valence-corrected chi connectivity index (χ1v) is 42.7. The minimum atomic E-state index is -0.0141. The largest absolute Gasteiger partial charge is 0.497 e. The molecule has 5 saturated heterocycles. The highest BCUT2D eigenvalue weighted by molar-refractivity contribution is 7.18. The van der Waals surface area contributed by atoms with E-state index in [0.29, 0.717) is 72.5 Å². The van der Waals surface area contributed by atoms with Crippen molar-refractivity contribution < 1.29 is 41.0 Å². The van der Waals surface area contributed by atoms with Crippen LogP contribution in [0.2, 0.25) is 0 Å². The van der Waals surface area contributed by atoms with Crippen LogP contribution in [-0.4, -0.2) is 107 Å². The van der Waals surface area contributed by atoms with Gasteiger partial charge in [0.1, 0.15) is 29.2 Å². The molecule has 0 radical (unpaired) electrons. The lowest BCUT2D eigenvalue weighted by Gasteiger charge is -2.27. The Bertz CT molecular complexity index is 5900. The average Bonchev–Trinajstić information content (AvgIpc) is 1.62. The second-order valence-electron chi connectivity index (χ2n) is 28.5. The molecule has 16 heterocycles. The van der Waals surface area contributed by atoms with Gasteiger partial charge in [-0.2, -0.15) is 0 Å². The van der Waals surface area contributed by atoms with Crippen LogP contribution in [0, 0.1) is 0 Å². The van der Waals surface area contributed by atoms with E-state index in [1.807, 2.05) is 113 Å². The molecule has 0 saturated carbocycles. The van der Waals surface area contributed by atoms with Crippen LogP contribution < -0.4 is 70.8 Å². The van der Waals surface area contributed by atoms with E-state index < -0.39 is 0 Å². The van der Waals surface area contributed by atoms with Gasteiger partial charge in [-0.15, -0.1) is 56.7 Å². The number of benzene rings is 4. The summed E-state index contributed by atoms with van der Waals surface area (Å²) in [4.78, 5) is 74.7. The highest BCUT2D eigenvalue weighted by Gasteiger charge is 2.26. The van der Waals surface area contributed by atoms with Crippen LogP contribution in [-0.2, 0) is 4.74 Å². The van der Waals surface area contributed by atoms with Gasteiger partial charge in [-0.1, -0.05) is 60.7 Å². The van der Waals surface area contributed by atoms with Gasteiger partial charge in [-0.3, -0.25) is 24.0 Å². The maximum absolute atomic E-state index is 12.5. The first-order valence-electron chi connectivity index (χ1n) is 38.3. The van der Waals surface area contributed by atoms with E-state index in [1.165, 1.54) is 95.2 Å². The third-order valence-electron chi connectivity index (χ3n) is 20.9. The number of morpholine rings is 1. The molecule has 14 aromatic rings. The molecule has 4 aromatic carbocycles. The molecule has 25 heteroatoms. The molecule has 20 rings (SSSR count). The van der Waals surface area contributed by atoms with Crippen LogP contribution >= 0.6 is 56.7 Å². The maximum atomic E-state index is 12.5. The number of anilines is 6. The molecule has 0 bridgehead atoms. The molecular weight excluding hydrogens is 1510 g/mol. The van der Waals surface area contributed by atoms with Crippen LogP contribution in [0.4, 0.5) is 35.1 Å². The fraction of sp³-hybridized carbons (Fsp3) is 0.322. The van der Waals surface area contributed by atoms with Gasteiger partial charge in [0, 0.05) is 159 Å². The number of piperidine rings is 4. The zero-order chi connectivity index (χ0) is 76.6. The van der Waals surface area contributed by atoms with Crippen LogP contribution in [0.15, 0.2) is 206 Å². The van der Waals surface area contributed by atoms with Crippen molar-refractivity contribution in [2.45, 2.75) is 77.0 Å². The molecule has 0 spiro atoms. The van der Waals surface area contributed by atoms with Crippen molar-refractivity contribution in [1.29, 1.82) is 0 Å².